The van der Waals surface area contributed by atoms with E-state index >= 15 is 0 Å². The number of carboxylic acid groups (broad SMARTS) is 2. The van der Waals surface area contributed by atoms with Crippen molar-refractivity contribution < 1.29 is 44.2 Å². The van der Waals surface area contributed by atoms with E-state index in [-0.39, 0.29) is 0 Å². The van der Waals surface area contributed by atoms with Crippen molar-refractivity contribution >= 4 is 23.9 Å². The normalized spacial score (nSPS) is 10.4. The lowest BCUT2D eigenvalue weighted by Gasteiger charge is -1.96. The molecule has 0 heterocycles. The van der Waals surface area contributed by atoms with Gasteiger partial charge in [0.25, 0.3) is 0 Å². The molecule has 0 rings (SSSR count). The molecule has 0 aliphatic rings. The highest BCUT2D eigenvalue weighted by molar-refractivity contribution is 5.91. The van der Waals surface area contributed by atoms with Crippen LogP contribution in [-0.4, -0.2) is 34.1 Å². The molecular weight excluding hydrogens is 240 g/mol. The Labute approximate surface area is 93.3 Å². The van der Waals surface area contributed by atoms with Gasteiger partial charge < -0.3 is 10.2 Å². The minimum absolute atomic E-state index is 0.470. The molecule has 9 heteroatoms. The standard InChI is InChI=1S/C8H6O9/c9-5(10)1-3-7(13)15-17-16-8(14)4-2-6(11)12/h1-4H,(H,9,10)(H,11,12)/b3-1-,4-2-. The Morgan fingerprint density at radius 1 is 0.706 bits per heavy atom. The summed E-state index contributed by atoms with van der Waals surface area (Å²) in [5.74, 6) is -5.24. The molecule has 0 unspecified atom stereocenters. The number of carbonyl (C=O) groups excluding carboxylic acids is 2. The number of rotatable bonds is 6. The summed E-state index contributed by atoms with van der Waals surface area (Å²) in [4.78, 5) is 48.6. The lowest BCUT2D eigenvalue weighted by molar-refractivity contribution is -0.455. The van der Waals surface area contributed by atoms with E-state index < -0.39 is 23.9 Å². The molecule has 0 fully saturated rings. The molecule has 0 aromatic carbocycles. The fraction of sp³-hybridized carbons (Fsp3) is 0. The van der Waals surface area contributed by atoms with Crippen molar-refractivity contribution in [1.82, 2.24) is 0 Å². The van der Waals surface area contributed by atoms with Crippen molar-refractivity contribution in [2.45, 2.75) is 0 Å². The fourth-order valence-corrected chi connectivity index (χ4v) is 0.418. The predicted octanol–water partition coefficient (Wildman–Crippen LogP) is -0.799. The Morgan fingerprint density at radius 2 is 1.06 bits per heavy atom. The highest BCUT2D eigenvalue weighted by atomic mass is 17.5. The Hall–Kier alpha value is -2.68. The number of hydrogen-bond acceptors (Lipinski definition) is 7. The SMILES string of the molecule is O=C(O)/C=C\C(=O)OOOC(=O)/C=C\C(=O)O. The lowest BCUT2D eigenvalue weighted by atomic mass is 10.5. The number of carbonyl (C=O) groups is 4. The van der Waals surface area contributed by atoms with Crippen molar-refractivity contribution in [2.24, 2.45) is 0 Å². The molecule has 0 amide bonds. The summed E-state index contributed by atoms with van der Waals surface area (Å²) in [6.07, 6.45) is 1.95. The van der Waals surface area contributed by atoms with Crippen LogP contribution in [0.1, 0.15) is 0 Å². The minimum atomic E-state index is -1.39. The molecule has 0 saturated heterocycles. The molecule has 0 aliphatic heterocycles. The van der Waals surface area contributed by atoms with Crippen LogP contribution in [0, 0.1) is 0 Å². The van der Waals surface area contributed by atoms with Crippen molar-refractivity contribution in [2.75, 3.05) is 0 Å². The third kappa shape index (κ3) is 9.62. The van der Waals surface area contributed by atoms with Crippen LogP contribution < -0.4 is 0 Å². The molecule has 17 heavy (non-hydrogen) atoms. The second-order valence-electron chi connectivity index (χ2n) is 2.22. The average molecular weight is 246 g/mol. The maximum Gasteiger partial charge on any atom is 0.370 e. The van der Waals surface area contributed by atoms with E-state index in [1.807, 2.05) is 0 Å². The zero-order valence-electron chi connectivity index (χ0n) is 8.06. The smallest absolute Gasteiger partial charge is 0.370 e. The van der Waals surface area contributed by atoms with Crippen molar-refractivity contribution in [3.8, 4) is 0 Å². The van der Waals surface area contributed by atoms with Gasteiger partial charge in [-0.25, -0.2) is 19.2 Å². The zero-order valence-corrected chi connectivity index (χ0v) is 8.06. The van der Waals surface area contributed by atoms with Gasteiger partial charge in [0.1, 0.15) is 0 Å². The van der Waals surface area contributed by atoms with Crippen molar-refractivity contribution in [1.29, 1.82) is 0 Å². The molecule has 0 aromatic rings. The molecule has 0 aliphatic carbocycles. The van der Waals surface area contributed by atoms with Gasteiger partial charge >= 0.3 is 23.9 Å². The Balaban J connectivity index is 3.84. The van der Waals surface area contributed by atoms with Crippen LogP contribution in [0.3, 0.4) is 0 Å². The van der Waals surface area contributed by atoms with E-state index in [4.69, 9.17) is 10.2 Å². The van der Waals surface area contributed by atoms with Crippen LogP contribution in [0.25, 0.3) is 0 Å². The molecule has 0 radical (unpaired) electrons. The molecule has 9 nitrogen and oxygen atoms in total. The van der Waals surface area contributed by atoms with Gasteiger partial charge in [-0.15, -0.1) is 0 Å². The summed E-state index contributed by atoms with van der Waals surface area (Å²) >= 11 is 0. The molecule has 0 spiro atoms. The van der Waals surface area contributed by atoms with Gasteiger partial charge in [0, 0.05) is 29.3 Å². The first-order valence-corrected chi connectivity index (χ1v) is 3.83. The van der Waals surface area contributed by atoms with E-state index in [1.165, 1.54) is 0 Å². The molecule has 0 atom stereocenters. The summed E-state index contributed by atoms with van der Waals surface area (Å²) in [7, 11) is 0. The van der Waals surface area contributed by atoms with Gasteiger partial charge in [-0.1, -0.05) is 0 Å². The Kier molecular flexibility index (Phi) is 6.39. The van der Waals surface area contributed by atoms with Crippen molar-refractivity contribution in [3.63, 3.8) is 0 Å². The van der Waals surface area contributed by atoms with Crippen LogP contribution in [0.4, 0.5) is 0 Å². The number of aliphatic carboxylic acids is 2. The van der Waals surface area contributed by atoms with Gasteiger partial charge in [0.05, 0.1) is 0 Å². The molecule has 92 valence electrons. The molecular formula is C8H6O9. The molecule has 0 saturated carbocycles. The highest BCUT2D eigenvalue weighted by Gasteiger charge is 2.04. The number of hydrogen-bond donors (Lipinski definition) is 2. The fourth-order valence-electron chi connectivity index (χ4n) is 0.418. The Bertz CT molecular complexity index is 342. The van der Waals surface area contributed by atoms with Gasteiger partial charge in [-0.3, -0.25) is 9.78 Å². The average Bonchev–Trinajstić information content (AvgIpc) is 2.23. The third-order valence-electron chi connectivity index (χ3n) is 0.956. The van der Waals surface area contributed by atoms with Gasteiger partial charge in [-0.2, -0.15) is 0 Å². The van der Waals surface area contributed by atoms with Crippen molar-refractivity contribution in [3.05, 3.63) is 24.3 Å². The maximum atomic E-state index is 10.6. The van der Waals surface area contributed by atoms with Crippen LogP contribution >= 0.6 is 0 Å². The van der Waals surface area contributed by atoms with E-state index in [2.05, 4.69) is 14.8 Å². The maximum absolute atomic E-state index is 10.6. The molecule has 0 bridgehead atoms. The van der Waals surface area contributed by atoms with Gasteiger partial charge in [-0.05, 0) is 0 Å². The molecule has 2 N–H and O–H groups in total. The van der Waals surface area contributed by atoms with Gasteiger partial charge in [0.15, 0.2) is 0 Å². The Morgan fingerprint density at radius 3 is 1.35 bits per heavy atom. The molecule has 0 aromatic heterocycles. The second kappa shape index (κ2) is 7.59. The van der Waals surface area contributed by atoms with E-state index in [1.54, 1.807) is 0 Å². The van der Waals surface area contributed by atoms with E-state index in [9.17, 15) is 19.2 Å². The van der Waals surface area contributed by atoms with Gasteiger partial charge in [0.2, 0.25) is 0 Å². The minimum Gasteiger partial charge on any atom is -0.478 e. The second-order valence-corrected chi connectivity index (χ2v) is 2.22. The van der Waals surface area contributed by atoms with Crippen LogP contribution in [-0.2, 0) is 34.0 Å². The van der Waals surface area contributed by atoms with Crippen LogP contribution in [0.15, 0.2) is 24.3 Å². The zero-order chi connectivity index (χ0) is 13.3. The first-order valence-electron chi connectivity index (χ1n) is 3.83. The van der Waals surface area contributed by atoms with E-state index in [0.29, 0.717) is 24.3 Å². The van der Waals surface area contributed by atoms with Crippen LogP contribution in [0.5, 0.6) is 0 Å². The largest absolute Gasteiger partial charge is 0.478 e. The monoisotopic (exact) mass is 246 g/mol. The summed E-state index contributed by atoms with van der Waals surface area (Å²) in [6.45, 7) is 0. The van der Waals surface area contributed by atoms with E-state index in [0.717, 1.165) is 0 Å². The first-order chi connectivity index (χ1) is 7.91. The summed E-state index contributed by atoms with van der Waals surface area (Å²) in [6, 6.07) is 0. The third-order valence-corrected chi connectivity index (χ3v) is 0.956. The lowest BCUT2D eigenvalue weighted by Crippen LogP contribution is -2.08. The summed E-state index contributed by atoms with van der Waals surface area (Å²) in [5.41, 5.74) is 0. The number of carboxylic acids is 2. The van der Waals surface area contributed by atoms with Crippen LogP contribution in [0.2, 0.25) is 0 Å². The predicted molar refractivity (Wildman–Crippen MR) is 46.8 cm³/mol. The highest BCUT2D eigenvalue weighted by Crippen LogP contribution is 1.88. The quantitative estimate of drug-likeness (QED) is 0.350. The summed E-state index contributed by atoms with van der Waals surface area (Å²) in [5, 5.41) is 19.9. The summed E-state index contributed by atoms with van der Waals surface area (Å²) < 4.78 is 0. The topological polar surface area (TPSA) is 136 Å². The first kappa shape index (κ1) is 14.3.